The number of hydrogen-bond donors (Lipinski definition) is 0. The van der Waals surface area contributed by atoms with E-state index < -0.39 is 16.7 Å². The van der Waals surface area contributed by atoms with Crippen LogP contribution in [0.2, 0.25) is 0 Å². The third-order valence-corrected chi connectivity index (χ3v) is 4.44. The van der Waals surface area contributed by atoms with Gasteiger partial charge in [-0.2, -0.15) is 13.2 Å². The van der Waals surface area contributed by atoms with Crippen LogP contribution < -0.4 is 10.5 Å². The largest absolute Gasteiger partial charge is 0.416 e. The number of piperazine rings is 1. The average molecular weight is 382 g/mol. The Bertz CT molecular complexity index is 889. The summed E-state index contributed by atoms with van der Waals surface area (Å²) in [5.41, 5.74) is -0.708. The van der Waals surface area contributed by atoms with Crippen LogP contribution in [0.5, 0.6) is 0 Å². The lowest BCUT2D eigenvalue weighted by Crippen LogP contribution is -2.47. The molecule has 0 spiro atoms. The Kier molecular flexibility index (Phi) is 5.17. The Labute approximate surface area is 152 Å². The normalized spacial score (nSPS) is 15.7. The van der Waals surface area contributed by atoms with E-state index in [1.807, 2.05) is 9.80 Å². The molecule has 144 valence electrons. The van der Waals surface area contributed by atoms with Gasteiger partial charge >= 0.3 is 6.18 Å². The average Bonchev–Trinajstić information content (AvgIpc) is 2.63. The highest BCUT2D eigenvalue weighted by Crippen LogP contribution is 2.31. The highest BCUT2D eigenvalue weighted by molar-refractivity contribution is 5.49. The number of pyridine rings is 1. The van der Waals surface area contributed by atoms with Crippen LogP contribution in [-0.4, -0.2) is 40.6 Å². The maximum Gasteiger partial charge on any atom is 0.416 e. The summed E-state index contributed by atoms with van der Waals surface area (Å²) in [5.74, 6) is 0. The van der Waals surface area contributed by atoms with Crippen molar-refractivity contribution in [2.75, 3.05) is 31.1 Å². The van der Waals surface area contributed by atoms with Gasteiger partial charge in [0.05, 0.1) is 23.4 Å². The molecule has 0 saturated carbocycles. The van der Waals surface area contributed by atoms with Gasteiger partial charge in [-0.25, -0.2) is 0 Å². The number of anilines is 1. The molecular weight excluding hydrogens is 365 g/mol. The molecule has 0 radical (unpaired) electrons. The van der Waals surface area contributed by atoms with E-state index in [-0.39, 0.29) is 17.9 Å². The van der Waals surface area contributed by atoms with E-state index in [9.17, 15) is 28.1 Å². The fourth-order valence-electron chi connectivity index (χ4n) is 2.98. The summed E-state index contributed by atoms with van der Waals surface area (Å²) in [6, 6.07) is 7.49. The summed E-state index contributed by atoms with van der Waals surface area (Å²) < 4.78 is 39.8. The number of rotatable bonds is 4. The van der Waals surface area contributed by atoms with Gasteiger partial charge in [-0.15, -0.1) is 0 Å². The lowest BCUT2D eigenvalue weighted by molar-refractivity contribution is -0.385. The number of nitrogens with zero attached hydrogens (tertiary/aromatic N) is 4. The minimum absolute atomic E-state index is 0.169. The van der Waals surface area contributed by atoms with Crippen LogP contribution in [0.4, 0.5) is 24.5 Å². The maximum atomic E-state index is 12.9. The topological polar surface area (TPSA) is 71.6 Å². The van der Waals surface area contributed by atoms with Crippen molar-refractivity contribution in [1.29, 1.82) is 0 Å². The zero-order chi connectivity index (χ0) is 19.6. The Hall–Kier alpha value is -2.88. The second-order valence-corrected chi connectivity index (χ2v) is 6.25. The molecule has 27 heavy (non-hydrogen) atoms. The molecule has 0 unspecified atom stereocenters. The molecule has 1 saturated heterocycles. The zero-order valence-electron chi connectivity index (χ0n) is 14.2. The van der Waals surface area contributed by atoms with Crippen molar-refractivity contribution in [3.8, 4) is 0 Å². The molecule has 0 N–H and O–H groups in total. The van der Waals surface area contributed by atoms with E-state index in [0.717, 1.165) is 24.3 Å². The summed E-state index contributed by atoms with van der Waals surface area (Å²) in [6.07, 6.45) is -3.19. The van der Waals surface area contributed by atoms with Crippen LogP contribution in [0.25, 0.3) is 0 Å². The van der Waals surface area contributed by atoms with Crippen molar-refractivity contribution < 1.29 is 18.1 Å². The molecule has 0 atom stereocenters. The first-order valence-electron chi connectivity index (χ1n) is 8.23. The highest BCUT2D eigenvalue weighted by atomic mass is 19.4. The number of benzene rings is 1. The number of hydrogen-bond acceptors (Lipinski definition) is 5. The van der Waals surface area contributed by atoms with Crippen LogP contribution in [-0.2, 0) is 12.8 Å². The standard InChI is InChI=1S/C17H17F3N4O3/c18-17(19,20)13-2-1-3-14(10-13)22-8-6-21(7-9-22)12-23-11-15(24(26)27)4-5-16(23)25/h1-5,10-11H,6-9,12H2. The number of aromatic nitrogens is 1. The van der Waals surface area contributed by atoms with Crippen LogP contribution in [0.3, 0.4) is 0 Å². The van der Waals surface area contributed by atoms with E-state index in [0.29, 0.717) is 31.9 Å². The van der Waals surface area contributed by atoms with Gasteiger partial charge in [0.15, 0.2) is 0 Å². The lowest BCUT2D eigenvalue weighted by Gasteiger charge is -2.36. The Morgan fingerprint density at radius 1 is 1.07 bits per heavy atom. The molecule has 0 amide bonds. The summed E-state index contributed by atoms with van der Waals surface area (Å²) in [5, 5.41) is 10.8. The predicted molar refractivity (Wildman–Crippen MR) is 92.6 cm³/mol. The molecule has 2 heterocycles. The van der Waals surface area contributed by atoms with E-state index >= 15 is 0 Å². The van der Waals surface area contributed by atoms with Crippen molar-refractivity contribution in [2.24, 2.45) is 0 Å². The first kappa shape index (κ1) is 18.9. The molecule has 7 nitrogen and oxygen atoms in total. The monoisotopic (exact) mass is 382 g/mol. The molecule has 1 aliphatic rings. The second kappa shape index (κ2) is 7.39. The van der Waals surface area contributed by atoms with Gasteiger partial charge in [-0.1, -0.05) is 6.07 Å². The Morgan fingerprint density at radius 2 is 1.78 bits per heavy atom. The molecule has 3 rings (SSSR count). The molecular formula is C17H17F3N4O3. The zero-order valence-corrected chi connectivity index (χ0v) is 14.2. The van der Waals surface area contributed by atoms with Crippen molar-refractivity contribution >= 4 is 11.4 Å². The third kappa shape index (κ3) is 4.45. The van der Waals surface area contributed by atoms with Gasteiger partial charge in [0, 0.05) is 44.0 Å². The fourth-order valence-corrected chi connectivity index (χ4v) is 2.98. The molecule has 0 bridgehead atoms. The van der Waals surface area contributed by atoms with Gasteiger partial charge in [0.25, 0.3) is 11.2 Å². The first-order valence-corrected chi connectivity index (χ1v) is 8.23. The van der Waals surface area contributed by atoms with Crippen LogP contribution in [0, 0.1) is 10.1 Å². The summed E-state index contributed by atoms with van der Waals surface area (Å²) in [6.45, 7) is 2.21. The summed E-state index contributed by atoms with van der Waals surface area (Å²) >= 11 is 0. The minimum atomic E-state index is -4.39. The van der Waals surface area contributed by atoms with Crippen molar-refractivity contribution in [2.45, 2.75) is 12.8 Å². The predicted octanol–water partition coefficient (Wildman–Crippen LogP) is 2.56. The SMILES string of the molecule is O=c1ccc([N+](=O)[O-])cn1CN1CCN(c2cccc(C(F)(F)F)c2)CC1. The Morgan fingerprint density at radius 3 is 2.41 bits per heavy atom. The fraction of sp³-hybridized carbons (Fsp3) is 0.353. The number of nitro groups is 1. The van der Waals surface area contributed by atoms with E-state index in [4.69, 9.17) is 0 Å². The second-order valence-electron chi connectivity index (χ2n) is 6.25. The van der Waals surface area contributed by atoms with Crippen molar-refractivity contribution in [1.82, 2.24) is 9.47 Å². The molecule has 10 heteroatoms. The van der Waals surface area contributed by atoms with E-state index in [1.165, 1.54) is 16.8 Å². The molecule has 1 aromatic heterocycles. The smallest absolute Gasteiger partial charge is 0.369 e. The summed E-state index contributed by atoms with van der Waals surface area (Å²) in [7, 11) is 0. The molecule has 0 aliphatic carbocycles. The minimum Gasteiger partial charge on any atom is -0.369 e. The Balaban J connectivity index is 1.65. The number of halogens is 3. The quantitative estimate of drug-likeness (QED) is 0.600. The van der Waals surface area contributed by atoms with Gasteiger partial charge in [-0.05, 0) is 18.2 Å². The van der Waals surface area contributed by atoms with Crippen molar-refractivity contribution in [3.63, 3.8) is 0 Å². The van der Waals surface area contributed by atoms with E-state index in [1.54, 1.807) is 6.07 Å². The van der Waals surface area contributed by atoms with Gasteiger partial charge < -0.3 is 4.90 Å². The van der Waals surface area contributed by atoms with E-state index in [2.05, 4.69) is 0 Å². The lowest BCUT2D eigenvalue weighted by atomic mass is 10.1. The van der Waals surface area contributed by atoms with Crippen LogP contribution >= 0.6 is 0 Å². The summed E-state index contributed by atoms with van der Waals surface area (Å²) in [4.78, 5) is 25.9. The van der Waals surface area contributed by atoms with Gasteiger partial charge in [-0.3, -0.25) is 24.4 Å². The molecule has 1 aromatic carbocycles. The molecule has 2 aromatic rings. The van der Waals surface area contributed by atoms with Crippen LogP contribution in [0.15, 0.2) is 47.4 Å². The molecule has 1 aliphatic heterocycles. The molecule has 1 fully saturated rings. The third-order valence-electron chi connectivity index (χ3n) is 4.44. The van der Waals surface area contributed by atoms with Gasteiger partial charge in [0.2, 0.25) is 0 Å². The van der Waals surface area contributed by atoms with Crippen molar-refractivity contribution in [3.05, 3.63) is 68.6 Å². The highest BCUT2D eigenvalue weighted by Gasteiger charge is 2.31. The van der Waals surface area contributed by atoms with Gasteiger partial charge in [0.1, 0.15) is 0 Å². The number of alkyl halides is 3. The van der Waals surface area contributed by atoms with Crippen LogP contribution in [0.1, 0.15) is 5.56 Å². The maximum absolute atomic E-state index is 12.9. The first-order chi connectivity index (χ1) is 12.7.